The second-order valence-corrected chi connectivity index (χ2v) is 13.3. The Hall–Kier alpha value is -2.82. The number of aliphatic imine (C=N–C) groups is 1. The maximum absolute atomic E-state index is 13.7. The van der Waals surface area contributed by atoms with Crippen LogP contribution in [0, 0.1) is 0 Å². The van der Waals surface area contributed by atoms with Crippen molar-refractivity contribution in [1.29, 1.82) is 0 Å². The van der Waals surface area contributed by atoms with Crippen molar-refractivity contribution in [1.82, 2.24) is 10.6 Å². The van der Waals surface area contributed by atoms with Gasteiger partial charge in [0.15, 0.2) is 0 Å². The van der Waals surface area contributed by atoms with Gasteiger partial charge < -0.3 is 15.2 Å². The molecule has 8 nitrogen and oxygen atoms in total. The van der Waals surface area contributed by atoms with Gasteiger partial charge in [-0.25, -0.2) is 8.42 Å². The topological polar surface area (TPSA) is 128 Å². The van der Waals surface area contributed by atoms with Crippen molar-refractivity contribution in [3.8, 4) is 0 Å². The molecule has 2 amide bonds. The summed E-state index contributed by atoms with van der Waals surface area (Å²) in [7, 11) is -4.40. The van der Waals surface area contributed by atoms with Gasteiger partial charge in [0.05, 0.1) is 21.8 Å². The molecular weight excluding hydrogens is 573 g/mol. The monoisotopic (exact) mass is 611 g/mol. The molecular formula is C33H38N3NaO5S. The van der Waals surface area contributed by atoms with Crippen molar-refractivity contribution in [2.24, 2.45) is 4.99 Å². The van der Waals surface area contributed by atoms with Gasteiger partial charge in [0.2, 0.25) is 5.91 Å². The van der Waals surface area contributed by atoms with Crippen molar-refractivity contribution in [3.63, 3.8) is 0 Å². The molecule has 1 atom stereocenters. The van der Waals surface area contributed by atoms with E-state index in [0.29, 0.717) is 12.0 Å². The number of amides is 2. The quantitative estimate of drug-likeness (QED) is 0.314. The molecule has 2 aromatic rings. The van der Waals surface area contributed by atoms with Crippen LogP contribution in [0.1, 0.15) is 79.4 Å². The number of rotatable bonds is 10. The van der Waals surface area contributed by atoms with E-state index in [9.17, 15) is 22.6 Å². The maximum Gasteiger partial charge on any atom is 1.00 e. The Kier molecular flexibility index (Phi) is 12.3. The molecule has 0 fully saturated rings. The van der Waals surface area contributed by atoms with Crippen molar-refractivity contribution >= 4 is 28.1 Å². The molecule has 1 aliphatic carbocycles. The fourth-order valence-electron chi connectivity index (χ4n) is 5.00. The van der Waals surface area contributed by atoms with E-state index in [0.717, 1.165) is 42.5 Å². The molecule has 0 bridgehead atoms. The average Bonchev–Trinajstić information content (AvgIpc) is 2.96. The number of hydrogen-bond donors (Lipinski definition) is 2. The maximum atomic E-state index is 13.7. The first-order valence-electron chi connectivity index (χ1n) is 14.2. The van der Waals surface area contributed by atoms with Gasteiger partial charge in [0.1, 0.15) is 0 Å². The fraction of sp³-hybridized carbons (Fsp3) is 0.364. The number of allylic oxidation sites excluding steroid dienone is 5. The molecule has 2 aliphatic rings. The molecule has 0 saturated heterocycles. The van der Waals surface area contributed by atoms with Gasteiger partial charge in [0, 0.05) is 30.2 Å². The third-order valence-electron chi connectivity index (χ3n) is 7.51. The Morgan fingerprint density at radius 1 is 0.953 bits per heavy atom. The van der Waals surface area contributed by atoms with Gasteiger partial charge in [-0.3, -0.25) is 14.6 Å². The van der Waals surface area contributed by atoms with Gasteiger partial charge in [-0.15, -0.1) is 0 Å². The Balaban J connectivity index is 0.00000506. The summed E-state index contributed by atoms with van der Waals surface area (Å²) in [6.45, 7) is 6.20. The summed E-state index contributed by atoms with van der Waals surface area (Å²) in [5.41, 5.74) is 6.68. The summed E-state index contributed by atoms with van der Waals surface area (Å²) in [6, 6.07) is 15.0. The fourth-order valence-corrected chi connectivity index (χ4v) is 5.35. The van der Waals surface area contributed by atoms with Crippen LogP contribution in [-0.4, -0.2) is 43.3 Å². The standard InChI is InChI=1S/C33H39N3O5S.Na/c1-33(2,3)28-14-10-25(11-15-28)30(21-23-6-8-26(9-7-23)31(37)35-19-20-42(39,40)41)32(38)36-29-16-12-24(13-17-29)27-5-4-18-34-22-27;/h6-12,14-16,18,22,30H,4-5,13,17,19-21H2,1-3H3,(H,35,37)(H,36,38)(H,39,40,41);/q;+1/p-1. The molecule has 4 rings (SSSR count). The summed E-state index contributed by atoms with van der Waals surface area (Å²) < 4.78 is 32.4. The third kappa shape index (κ3) is 10.4. The zero-order valence-electron chi connectivity index (χ0n) is 25.4. The summed E-state index contributed by atoms with van der Waals surface area (Å²) in [5.74, 6) is -1.68. The smallest absolute Gasteiger partial charge is 0.748 e. The number of hydrogen-bond acceptors (Lipinski definition) is 6. The number of benzene rings is 2. The Labute approximate surface area is 276 Å². The van der Waals surface area contributed by atoms with E-state index < -0.39 is 27.7 Å². The zero-order chi connectivity index (χ0) is 30.3. The summed E-state index contributed by atoms with van der Waals surface area (Å²) in [5, 5.41) is 5.60. The molecule has 0 radical (unpaired) electrons. The molecule has 1 heterocycles. The molecule has 0 saturated carbocycles. The SMILES string of the molecule is CC(C)(C)c1ccc(C(Cc2ccc(C(=O)NCCS(=O)(=O)[O-])cc2)C(=O)NC2=CC=C(C3=CN=CCC3)CC2)cc1.[Na+]. The van der Waals surface area contributed by atoms with Crippen molar-refractivity contribution in [3.05, 3.63) is 106 Å². The zero-order valence-corrected chi connectivity index (χ0v) is 28.2. The molecule has 0 spiro atoms. The van der Waals surface area contributed by atoms with Crippen LogP contribution in [0.15, 0.2) is 88.7 Å². The second kappa shape index (κ2) is 15.3. The van der Waals surface area contributed by atoms with Crippen LogP contribution in [-0.2, 0) is 26.7 Å². The minimum atomic E-state index is -4.40. The van der Waals surface area contributed by atoms with E-state index in [1.165, 1.54) is 16.7 Å². The average molecular weight is 612 g/mol. The first-order chi connectivity index (χ1) is 19.9. The minimum absolute atomic E-state index is 0. The van der Waals surface area contributed by atoms with Gasteiger partial charge >= 0.3 is 29.6 Å². The van der Waals surface area contributed by atoms with Crippen LogP contribution < -0.4 is 40.2 Å². The molecule has 1 aliphatic heterocycles. The molecule has 2 N–H and O–H groups in total. The first kappa shape index (κ1) is 34.7. The summed E-state index contributed by atoms with van der Waals surface area (Å²) in [4.78, 5) is 30.4. The van der Waals surface area contributed by atoms with Crippen LogP contribution in [0.3, 0.4) is 0 Å². The third-order valence-corrected chi connectivity index (χ3v) is 8.22. The molecule has 10 heteroatoms. The van der Waals surface area contributed by atoms with E-state index in [1.54, 1.807) is 24.3 Å². The van der Waals surface area contributed by atoms with Crippen LogP contribution in [0.2, 0.25) is 0 Å². The van der Waals surface area contributed by atoms with E-state index >= 15 is 0 Å². The molecule has 1 unspecified atom stereocenters. The van der Waals surface area contributed by atoms with Crippen molar-refractivity contribution in [2.75, 3.05) is 12.3 Å². The largest absolute Gasteiger partial charge is 1.00 e. The van der Waals surface area contributed by atoms with Crippen LogP contribution in [0.4, 0.5) is 0 Å². The Morgan fingerprint density at radius 3 is 2.21 bits per heavy atom. The number of carbonyl (C=O) groups excluding carboxylic acids is 2. The van der Waals surface area contributed by atoms with Gasteiger partial charge in [-0.2, -0.15) is 0 Å². The summed E-state index contributed by atoms with van der Waals surface area (Å²) >= 11 is 0. The van der Waals surface area contributed by atoms with Gasteiger partial charge in [0.25, 0.3) is 5.91 Å². The predicted molar refractivity (Wildman–Crippen MR) is 164 cm³/mol. The minimum Gasteiger partial charge on any atom is -0.748 e. The van der Waals surface area contributed by atoms with Crippen LogP contribution >= 0.6 is 0 Å². The van der Waals surface area contributed by atoms with Crippen molar-refractivity contribution in [2.45, 2.75) is 64.2 Å². The number of nitrogens with zero attached hydrogens (tertiary/aromatic N) is 1. The predicted octanol–water partition coefficient (Wildman–Crippen LogP) is 2.06. The molecule has 0 aromatic heterocycles. The molecule has 43 heavy (non-hydrogen) atoms. The van der Waals surface area contributed by atoms with E-state index in [4.69, 9.17) is 0 Å². The van der Waals surface area contributed by atoms with E-state index in [2.05, 4.69) is 54.6 Å². The molecule has 2 aromatic carbocycles. The first-order valence-corrected chi connectivity index (χ1v) is 15.8. The molecule has 222 valence electrons. The van der Waals surface area contributed by atoms with Gasteiger partial charge in [-0.05, 0) is 83.6 Å². The normalized spacial score (nSPS) is 15.8. The number of carbonyl (C=O) groups is 2. The van der Waals surface area contributed by atoms with Crippen LogP contribution in [0.25, 0.3) is 0 Å². The summed E-state index contributed by atoms with van der Waals surface area (Å²) in [6.07, 6.45) is 11.9. The Morgan fingerprint density at radius 2 is 1.65 bits per heavy atom. The Bertz CT molecular complexity index is 1530. The van der Waals surface area contributed by atoms with Crippen LogP contribution in [0.5, 0.6) is 0 Å². The van der Waals surface area contributed by atoms with E-state index in [1.807, 2.05) is 30.6 Å². The van der Waals surface area contributed by atoms with E-state index in [-0.39, 0.29) is 47.4 Å². The van der Waals surface area contributed by atoms with Crippen molar-refractivity contribution < 1.29 is 52.1 Å². The second-order valence-electron chi connectivity index (χ2n) is 11.7. The van der Waals surface area contributed by atoms with Gasteiger partial charge in [-0.1, -0.05) is 63.2 Å². The number of nitrogens with one attached hydrogen (secondary N) is 2.